The van der Waals surface area contributed by atoms with Crippen LogP contribution in [-0.2, 0) is 6.42 Å². The molecule has 1 heterocycles. The molecule has 1 N–H and O–H groups in total. The van der Waals surface area contributed by atoms with E-state index in [1.54, 1.807) is 0 Å². The largest absolute Gasteiger partial charge is 0.265 e. The SMILES string of the molecule is CCC1=C[C@@H]2[C@H](C1)CC2(Cc1nn[nH]n1)C[N+](=O)[O-]. The number of nitrogens with zero attached hydrogens (tertiary/aromatic N) is 4. The first-order valence-corrected chi connectivity index (χ1v) is 6.66. The molecule has 2 aliphatic rings. The number of fused-ring (bicyclic) bond motifs is 1. The lowest BCUT2D eigenvalue weighted by Crippen LogP contribution is -2.51. The third-order valence-electron chi connectivity index (χ3n) is 4.62. The van der Waals surface area contributed by atoms with Gasteiger partial charge in [-0.25, -0.2) is 0 Å². The van der Waals surface area contributed by atoms with Crippen LogP contribution in [0.15, 0.2) is 11.6 Å². The van der Waals surface area contributed by atoms with E-state index in [0.29, 0.717) is 24.1 Å². The Balaban J connectivity index is 1.83. The van der Waals surface area contributed by atoms with E-state index in [-0.39, 0.29) is 16.9 Å². The average Bonchev–Trinajstić information content (AvgIpc) is 2.95. The minimum absolute atomic E-state index is 0.00377. The standard InChI is InChI=1S/C12H17N5O2/c1-2-8-3-9-5-12(7-17(18)19,10(9)4-8)6-11-13-15-16-14-11/h4,9-10H,2-3,5-7H2,1H3,(H,13,14,15,16)/t9-,10-,12?/m1/s1. The fourth-order valence-electron chi connectivity index (χ4n) is 3.80. The van der Waals surface area contributed by atoms with Crippen LogP contribution >= 0.6 is 0 Å². The van der Waals surface area contributed by atoms with Crippen LogP contribution in [0.4, 0.5) is 0 Å². The lowest BCUT2D eigenvalue weighted by atomic mass is 9.53. The molecule has 0 aliphatic heterocycles. The van der Waals surface area contributed by atoms with E-state index >= 15 is 0 Å². The van der Waals surface area contributed by atoms with Crippen LogP contribution < -0.4 is 0 Å². The Bertz CT molecular complexity index is 512. The molecular weight excluding hydrogens is 246 g/mol. The minimum Gasteiger partial charge on any atom is -0.265 e. The molecule has 0 aromatic carbocycles. The van der Waals surface area contributed by atoms with Gasteiger partial charge in [0.1, 0.15) is 0 Å². The monoisotopic (exact) mass is 263 g/mol. The molecule has 7 nitrogen and oxygen atoms in total. The molecule has 102 valence electrons. The van der Waals surface area contributed by atoms with E-state index in [2.05, 4.69) is 33.6 Å². The van der Waals surface area contributed by atoms with Gasteiger partial charge in [-0.15, -0.1) is 10.2 Å². The normalized spacial score (nSPS) is 32.6. The van der Waals surface area contributed by atoms with E-state index in [9.17, 15) is 10.1 Å². The Morgan fingerprint density at radius 1 is 1.63 bits per heavy atom. The Morgan fingerprint density at radius 2 is 2.47 bits per heavy atom. The lowest BCUT2D eigenvalue weighted by molar-refractivity contribution is -0.506. The fourth-order valence-corrected chi connectivity index (χ4v) is 3.80. The zero-order chi connectivity index (χ0) is 13.5. The summed E-state index contributed by atoms with van der Waals surface area (Å²) in [4.78, 5) is 10.8. The summed E-state index contributed by atoms with van der Waals surface area (Å²) in [7, 11) is 0. The van der Waals surface area contributed by atoms with E-state index in [4.69, 9.17) is 0 Å². The average molecular weight is 263 g/mol. The summed E-state index contributed by atoms with van der Waals surface area (Å²) in [5, 5.41) is 24.9. The Kier molecular flexibility index (Phi) is 2.83. The molecule has 3 rings (SSSR count). The van der Waals surface area contributed by atoms with Crippen LogP contribution in [0.25, 0.3) is 0 Å². The van der Waals surface area contributed by atoms with E-state index < -0.39 is 0 Å². The Labute approximate surface area is 110 Å². The van der Waals surface area contributed by atoms with E-state index in [1.807, 2.05) is 0 Å². The number of aromatic nitrogens is 4. The molecule has 1 unspecified atom stereocenters. The molecule has 3 atom stereocenters. The Hall–Kier alpha value is -1.79. The van der Waals surface area contributed by atoms with Gasteiger partial charge >= 0.3 is 0 Å². The molecule has 0 spiro atoms. The van der Waals surface area contributed by atoms with Gasteiger partial charge in [0, 0.05) is 16.8 Å². The van der Waals surface area contributed by atoms with Gasteiger partial charge in [0.15, 0.2) is 5.82 Å². The summed E-state index contributed by atoms with van der Waals surface area (Å²) in [5.41, 5.74) is 1.13. The second kappa shape index (κ2) is 4.40. The zero-order valence-corrected chi connectivity index (χ0v) is 10.9. The number of rotatable bonds is 5. The van der Waals surface area contributed by atoms with Crippen LogP contribution in [0.1, 0.15) is 32.0 Å². The maximum Gasteiger partial charge on any atom is 0.210 e. The number of hydrogen-bond acceptors (Lipinski definition) is 5. The van der Waals surface area contributed by atoms with Crippen LogP contribution in [0.2, 0.25) is 0 Å². The van der Waals surface area contributed by atoms with Gasteiger partial charge in [0.2, 0.25) is 6.54 Å². The number of H-pyrrole nitrogens is 1. The van der Waals surface area contributed by atoms with Crippen molar-refractivity contribution in [3.63, 3.8) is 0 Å². The van der Waals surface area contributed by atoms with Crippen molar-refractivity contribution in [2.45, 2.75) is 32.6 Å². The summed E-state index contributed by atoms with van der Waals surface area (Å²) in [6.45, 7) is 2.14. The van der Waals surface area contributed by atoms with Gasteiger partial charge in [-0.3, -0.25) is 10.1 Å². The van der Waals surface area contributed by atoms with Crippen molar-refractivity contribution in [2.75, 3.05) is 6.54 Å². The zero-order valence-electron chi connectivity index (χ0n) is 10.9. The topological polar surface area (TPSA) is 97.6 Å². The third kappa shape index (κ3) is 2.02. The quantitative estimate of drug-likeness (QED) is 0.491. The van der Waals surface area contributed by atoms with Crippen molar-refractivity contribution in [3.8, 4) is 0 Å². The van der Waals surface area contributed by atoms with Gasteiger partial charge in [-0.1, -0.05) is 23.8 Å². The number of hydrogen-bond donors (Lipinski definition) is 1. The number of nitro groups is 1. The summed E-state index contributed by atoms with van der Waals surface area (Å²) < 4.78 is 0. The number of nitrogens with one attached hydrogen (secondary N) is 1. The smallest absolute Gasteiger partial charge is 0.210 e. The predicted molar refractivity (Wildman–Crippen MR) is 66.8 cm³/mol. The minimum atomic E-state index is -0.311. The highest BCUT2D eigenvalue weighted by Crippen LogP contribution is 2.59. The number of tetrazole rings is 1. The summed E-state index contributed by atoms with van der Waals surface area (Å²) in [6, 6.07) is 0. The molecule has 1 aromatic heterocycles. The Morgan fingerprint density at radius 3 is 3.11 bits per heavy atom. The highest BCUT2D eigenvalue weighted by atomic mass is 16.6. The molecule has 0 saturated heterocycles. The first-order chi connectivity index (χ1) is 9.13. The van der Waals surface area contributed by atoms with Crippen molar-refractivity contribution in [2.24, 2.45) is 17.3 Å². The molecule has 2 aliphatic carbocycles. The predicted octanol–water partition coefficient (Wildman–Crippen LogP) is 1.38. The van der Waals surface area contributed by atoms with E-state index in [1.165, 1.54) is 5.57 Å². The van der Waals surface area contributed by atoms with Crippen LogP contribution in [0.5, 0.6) is 0 Å². The fraction of sp³-hybridized carbons (Fsp3) is 0.750. The maximum atomic E-state index is 11.0. The molecule has 1 saturated carbocycles. The molecule has 0 amide bonds. The summed E-state index contributed by atoms with van der Waals surface area (Å²) >= 11 is 0. The lowest BCUT2D eigenvalue weighted by Gasteiger charge is -2.49. The second-order valence-corrected chi connectivity index (χ2v) is 5.73. The summed E-state index contributed by atoms with van der Waals surface area (Å²) in [5.74, 6) is 1.48. The molecular formula is C12H17N5O2. The first-order valence-electron chi connectivity index (χ1n) is 6.66. The van der Waals surface area contributed by atoms with Crippen molar-refractivity contribution in [1.29, 1.82) is 0 Å². The first kappa shape index (κ1) is 12.3. The highest BCUT2D eigenvalue weighted by molar-refractivity contribution is 5.24. The van der Waals surface area contributed by atoms with Crippen LogP contribution in [0, 0.1) is 27.4 Å². The summed E-state index contributed by atoms with van der Waals surface area (Å²) in [6.07, 6.45) is 5.85. The molecule has 1 aromatic rings. The van der Waals surface area contributed by atoms with E-state index in [0.717, 1.165) is 19.3 Å². The molecule has 0 bridgehead atoms. The molecule has 7 heteroatoms. The molecule has 0 radical (unpaired) electrons. The second-order valence-electron chi connectivity index (χ2n) is 5.73. The van der Waals surface area contributed by atoms with Gasteiger partial charge in [-0.05, 0) is 31.1 Å². The molecule has 1 fully saturated rings. The highest BCUT2D eigenvalue weighted by Gasteiger charge is 2.58. The van der Waals surface area contributed by atoms with Crippen molar-refractivity contribution < 1.29 is 4.92 Å². The van der Waals surface area contributed by atoms with Gasteiger partial charge in [-0.2, -0.15) is 5.21 Å². The van der Waals surface area contributed by atoms with Gasteiger partial charge in [0.05, 0.1) is 0 Å². The van der Waals surface area contributed by atoms with Gasteiger partial charge in [0.25, 0.3) is 0 Å². The number of allylic oxidation sites excluding steroid dienone is 2. The van der Waals surface area contributed by atoms with Gasteiger partial charge < -0.3 is 0 Å². The number of aromatic amines is 1. The van der Waals surface area contributed by atoms with Crippen molar-refractivity contribution >= 4 is 0 Å². The van der Waals surface area contributed by atoms with Crippen LogP contribution in [0.3, 0.4) is 0 Å². The third-order valence-corrected chi connectivity index (χ3v) is 4.62. The molecule has 19 heavy (non-hydrogen) atoms. The van der Waals surface area contributed by atoms with Crippen LogP contribution in [-0.4, -0.2) is 32.1 Å². The maximum absolute atomic E-state index is 11.0. The van der Waals surface area contributed by atoms with Crippen molar-refractivity contribution in [3.05, 3.63) is 27.6 Å². The van der Waals surface area contributed by atoms with Crippen molar-refractivity contribution in [1.82, 2.24) is 20.6 Å².